The van der Waals surface area contributed by atoms with E-state index >= 15 is 0 Å². The smallest absolute Gasteiger partial charge is 0.224 e. The van der Waals surface area contributed by atoms with Crippen molar-refractivity contribution in [3.63, 3.8) is 0 Å². The molecule has 1 amide bonds. The summed E-state index contributed by atoms with van der Waals surface area (Å²) in [6, 6.07) is 13.7. The van der Waals surface area contributed by atoms with Gasteiger partial charge in [-0.25, -0.2) is 0 Å². The van der Waals surface area contributed by atoms with Gasteiger partial charge < -0.3 is 14.8 Å². The Kier molecular flexibility index (Phi) is 4.71. The monoisotopic (exact) mass is 339 g/mol. The normalized spacial score (nSPS) is 18.0. The third-order valence-corrected chi connectivity index (χ3v) is 4.49. The molecule has 25 heavy (non-hydrogen) atoms. The molecular weight excluding hydrogens is 314 g/mol. The number of hydrogen-bond donors (Lipinski definition) is 1. The van der Waals surface area contributed by atoms with Gasteiger partial charge in [-0.2, -0.15) is 0 Å². The Morgan fingerprint density at radius 3 is 2.64 bits per heavy atom. The molecule has 0 saturated heterocycles. The third kappa shape index (κ3) is 4.13. The number of methoxy groups -OCH3 is 1. The van der Waals surface area contributed by atoms with Gasteiger partial charge >= 0.3 is 0 Å². The van der Waals surface area contributed by atoms with Crippen molar-refractivity contribution in [1.29, 1.82) is 0 Å². The van der Waals surface area contributed by atoms with Crippen molar-refractivity contribution in [2.45, 2.75) is 45.3 Å². The van der Waals surface area contributed by atoms with E-state index < -0.39 is 0 Å². The molecule has 0 saturated carbocycles. The topological polar surface area (TPSA) is 47.6 Å². The van der Waals surface area contributed by atoms with Gasteiger partial charge in [-0.1, -0.05) is 29.8 Å². The van der Waals surface area contributed by atoms with E-state index in [1.807, 2.05) is 63.2 Å². The van der Waals surface area contributed by atoms with Gasteiger partial charge in [-0.3, -0.25) is 4.79 Å². The van der Waals surface area contributed by atoms with Crippen LogP contribution in [0.2, 0.25) is 0 Å². The lowest BCUT2D eigenvalue weighted by Crippen LogP contribution is -2.41. The van der Waals surface area contributed by atoms with Gasteiger partial charge in [0.1, 0.15) is 17.1 Å². The van der Waals surface area contributed by atoms with E-state index in [1.54, 1.807) is 7.11 Å². The third-order valence-electron chi connectivity index (χ3n) is 4.49. The summed E-state index contributed by atoms with van der Waals surface area (Å²) < 4.78 is 11.4. The van der Waals surface area contributed by atoms with Crippen molar-refractivity contribution in [2.24, 2.45) is 0 Å². The lowest BCUT2D eigenvalue weighted by molar-refractivity contribution is -0.121. The summed E-state index contributed by atoms with van der Waals surface area (Å²) in [7, 11) is 1.64. The van der Waals surface area contributed by atoms with Crippen molar-refractivity contribution in [2.75, 3.05) is 7.11 Å². The summed E-state index contributed by atoms with van der Waals surface area (Å²) in [6.07, 6.45) is 1.09. The van der Waals surface area contributed by atoms with Crippen molar-refractivity contribution in [1.82, 2.24) is 5.32 Å². The highest BCUT2D eigenvalue weighted by atomic mass is 16.5. The molecule has 132 valence electrons. The first-order chi connectivity index (χ1) is 11.9. The lowest BCUT2D eigenvalue weighted by atomic mass is 9.89. The maximum atomic E-state index is 12.6. The number of amides is 1. The van der Waals surface area contributed by atoms with E-state index in [0.29, 0.717) is 12.8 Å². The number of benzene rings is 2. The first-order valence-electron chi connectivity index (χ1n) is 8.58. The molecule has 3 rings (SSSR count). The van der Waals surface area contributed by atoms with Crippen LogP contribution in [0.5, 0.6) is 11.5 Å². The fourth-order valence-corrected chi connectivity index (χ4v) is 3.23. The van der Waals surface area contributed by atoms with Gasteiger partial charge in [-0.05, 0) is 44.5 Å². The summed E-state index contributed by atoms with van der Waals surface area (Å²) in [6.45, 7) is 6.12. The first kappa shape index (κ1) is 17.3. The minimum atomic E-state index is -0.330. The van der Waals surface area contributed by atoms with Crippen LogP contribution in [-0.2, 0) is 11.2 Å². The van der Waals surface area contributed by atoms with Gasteiger partial charge in [-0.15, -0.1) is 0 Å². The zero-order valence-corrected chi connectivity index (χ0v) is 15.3. The number of aryl methyl sites for hydroxylation is 1. The molecule has 1 atom stereocenters. The standard InChI is InChI=1S/C21H25NO3/c1-14-5-7-15(8-6-14)11-20(23)22-18-13-21(2,3)25-19-10-9-16(24-4)12-17(18)19/h5-10,12,18H,11,13H2,1-4H3,(H,22,23)/t18-/m1/s1. The molecule has 2 aromatic rings. The van der Waals surface area contributed by atoms with E-state index in [-0.39, 0.29) is 17.6 Å². The minimum absolute atomic E-state index is 0.0142. The van der Waals surface area contributed by atoms with Crippen molar-refractivity contribution >= 4 is 5.91 Å². The molecular formula is C21H25NO3. The van der Waals surface area contributed by atoms with Crippen LogP contribution in [0.3, 0.4) is 0 Å². The number of ether oxygens (including phenoxy) is 2. The number of nitrogens with one attached hydrogen (secondary N) is 1. The van der Waals surface area contributed by atoms with Crippen LogP contribution >= 0.6 is 0 Å². The second kappa shape index (κ2) is 6.79. The van der Waals surface area contributed by atoms with Crippen LogP contribution < -0.4 is 14.8 Å². The van der Waals surface area contributed by atoms with E-state index in [1.165, 1.54) is 5.56 Å². The minimum Gasteiger partial charge on any atom is -0.497 e. The summed E-state index contributed by atoms with van der Waals surface area (Å²) in [5.41, 5.74) is 2.84. The number of hydrogen-bond acceptors (Lipinski definition) is 3. The molecule has 4 heteroatoms. The van der Waals surface area contributed by atoms with Crippen molar-refractivity contribution in [3.8, 4) is 11.5 Å². The van der Waals surface area contributed by atoms with Gasteiger partial charge in [0.15, 0.2) is 0 Å². The number of carbonyl (C=O) groups is 1. The van der Waals surface area contributed by atoms with Crippen LogP contribution in [-0.4, -0.2) is 18.6 Å². The highest BCUT2D eigenvalue weighted by molar-refractivity contribution is 5.79. The lowest BCUT2D eigenvalue weighted by Gasteiger charge is -2.38. The van der Waals surface area contributed by atoms with Crippen LogP contribution in [0.25, 0.3) is 0 Å². The second-order valence-corrected chi connectivity index (χ2v) is 7.25. The van der Waals surface area contributed by atoms with Gasteiger partial charge in [0, 0.05) is 12.0 Å². The molecule has 0 radical (unpaired) electrons. The van der Waals surface area contributed by atoms with E-state index in [2.05, 4.69) is 5.32 Å². The first-order valence-corrected chi connectivity index (χ1v) is 8.58. The van der Waals surface area contributed by atoms with Gasteiger partial charge in [0.2, 0.25) is 5.91 Å². The molecule has 0 aromatic heterocycles. The molecule has 2 aromatic carbocycles. The highest BCUT2D eigenvalue weighted by Gasteiger charge is 2.34. The average Bonchev–Trinajstić information content (AvgIpc) is 2.55. The van der Waals surface area contributed by atoms with Gasteiger partial charge in [0.25, 0.3) is 0 Å². The summed E-state index contributed by atoms with van der Waals surface area (Å²) in [4.78, 5) is 12.6. The zero-order chi connectivity index (χ0) is 18.0. The molecule has 0 bridgehead atoms. The van der Waals surface area contributed by atoms with Gasteiger partial charge in [0.05, 0.1) is 19.6 Å². The van der Waals surface area contributed by atoms with Crippen LogP contribution in [0, 0.1) is 6.92 Å². The predicted octanol–water partition coefficient (Wildman–Crippen LogP) is 3.96. The summed E-state index contributed by atoms with van der Waals surface area (Å²) >= 11 is 0. The predicted molar refractivity (Wildman–Crippen MR) is 98.1 cm³/mol. The fourth-order valence-electron chi connectivity index (χ4n) is 3.23. The van der Waals surface area contributed by atoms with Crippen molar-refractivity contribution < 1.29 is 14.3 Å². The molecule has 0 unspecified atom stereocenters. The fraction of sp³-hybridized carbons (Fsp3) is 0.381. The van der Waals surface area contributed by atoms with E-state index in [4.69, 9.17) is 9.47 Å². The molecule has 4 nitrogen and oxygen atoms in total. The molecule has 0 aliphatic carbocycles. The molecule has 1 aliphatic heterocycles. The maximum absolute atomic E-state index is 12.6. The Morgan fingerprint density at radius 1 is 1.24 bits per heavy atom. The second-order valence-electron chi connectivity index (χ2n) is 7.25. The van der Waals surface area contributed by atoms with E-state index in [9.17, 15) is 4.79 Å². The van der Waals surface area contributed by atoms with Crippen LogP contribution in [0.15, 0.2) is 42.5 Å². The maximum Gasteiger partial charge on any atom is 0.224 e. The Bertz CT molecular complexity index is 765. The average molecular weight is 339 g/mol. The Morgan fingerprint density at radius 2 is 1.96 bits per heavy atom. The van der Waals surface area contributed by atoms with Crippen molar-refractivity contribution in [3.05, 3.63) is 59.2 Å². The molecule has 0 fully saturated rings. The highest BCUT2D eigenvalue weighted by Crippen LogP contribution is 2.41. The largest absolute Gasteiger partial charge is 0.497 e. The SMILES string of the molecule is COc1ccc2c(c1)[C@H](NC(=O)Cc1ccc(C)cc1)CC(C)(C)O2. The number of fused-ring (bicyclic) bond motifs is 1. The van der Waals surface area contributed by atoms with Crippen LogP contribution in [0.1, 0.15) is 43.0 Å². The zero-order valence-electron chi connectivity index (χ0n) is 15.3. The summed E-state index contributed by atoms with van der Waals surface area (Å²) in [5.74, 6) is 1.58. The quantitative estimate of drug-likeness (QED) is 0.917. The molecule has 0 spiro atoms. The Labute approximate surface area is 149 Å². The molecule has 1 N–H and O–H groups in total. The Hall–Kier alpha value is -2.49. The molecule has 1 heterocycles. The number of carbonyl (C=O) groups excluding carboxylic acids is 1. The molecule has 1 aliphatic rings. The summed E-state index contributed by atoms with van der Waals surface area (Å²) in [5, 5.41) is 3.17. The van der Waals surface area contributed by atoms with Crippen LogP contribution in [0.4, 0.5) is 0 Å². The Balaban J connectivity index is 1.79. The number of rotatable bonds is 4. The van der Waals surface area contributed by atoms with E-state index in [0.717, 1.165) is 22.6 Å².